The quantitative estimate of drug-likeness (QED) is 0.365. The van der Waals surface area contributed by atoms with Crippen molar-refractivity contribution in [2.75, 3.05) is 12.4 Å². The molecule has 0 spiro atoms. The van der Waals surface area contributed by atoms with Gasteiger partial charge in [0.1, 0.15) is 17.3 Å². The molecule has 0 aliphatic heterocycles. The smallest absolute Gasteiger partial charge is 0.292 e. The molecule has 0 saturated carbocycles. The van der Waals surface area contributed by atoms with Crippen LogP contribution < -0.4 is 10.6 Å². The van der Waals surface area contributed by atoms with Crippen LogP contribution in [-0.4, -0.2) is 17.9 Å². The summed E-state index contributed by atoms with van der Waals surface area (Å²) in [5.41, 5.74) is 1.41. The van der Waals surface area contributed by atoms with Crippen LogP contribution in [0, 0.1) is 21.4 Å². The Morgan fingerprint density at radius 2 is 2.00 bits per heavy atom. The number of nitriles is 1. The molecule has 7 heteroatoms. The number of nitrogens with one attached hydrogen (secondary N) is 2. The number of nitrogens with zero attached hydrogens (tertiary/aromatic N) is 2. The highest BCUT2D eigenvalue weighted by Crippen LogP contribution is 2.26. The first-order valence-corrected chi connectivity index (χ1v) is 7.45. The minimum Gasteiger partial charge on any atom is -0.383 e. The Kier molecular flexibility index (Phi) is 5.85. The third-order valence-electron chi connectivity index (χ3n) is 3.46. The van der Waals surface area contributed by atoms with Crippen molar-refractivity contribution >= 4 is 23.4 Å². The summed E-state index contributed by atoms with van der Waals surface area (Å²) in [6.07, 6.45) is 1.33. The summed E-state index contributed by atoms with van der Waals surface area (Å²) in [4.78, 5) is 22.7. The van der Waals surface area contributed by atoms with Crippen LogP contribution in [0.5, 0.6) is 0 Å². The zero-order chi connectivity index (χ0) is 18.2. The third kappa shape index (κ3) is 4.65. The van der Waals surface area contributed by atoms with Gasteiger partial charge in [0.25, 0.3) is 11.6 Å². The average molecular weight is 336 g/mol. The number of carbonyl (C=O) groups is 1. The average Bonchev–Trinajstić information content (AvgIpc) is 2.64. The van der Waals surface area contributed by atoms with Gasteiger partial charge in [-0.2, -0.15) is 5.26 Å². The second-order valence-electron chi connectivity index (χ2n) is 5.12. The van der Waals surface area contributed by atoms with Gasteiger partial charge in [0.15, 0.2) is 0 Å². The fraction of sp³-hybridized carbons (Fsp3) is 0.111. The molecule has 0 fully saturated rings. The lowest BCUT2D eigenvalue weighted by atomic mass is 10.1. The van der Waals surface area contributed by atoms with Crippen molar-refractivity contribution in [3.63, 3.8) is 0 Å². The zero-order valence-corrected chi connectivity index (χ0v) is 13.5. The minimum atomic E-state index is -0.535. The van der Waals surface area contributed by atoms with Gasteiger partial charge in [-0.15, -0.1) is 0 Å². The Hall–Kier alpha value is -3.66. The van der Waals surface area contributed by atoms with Crippen LogP contribution in [-0.2, 0) is 11.3 Å². The molecule has 0 aliphatic rings. The van der Waals surface area contributed by atoms with Gasteiger partial charge in [0.2, 0.25) is 0 Å². The van der Waals surface area contributed by atoms with Crippen LogP contribution in [0.3, 0.4) is 0 Å². The largest absolute Gasteiger partial charge is 0.383 e. The summed E-state index contributed by atoms with van der Waals surface area (Å²) < 4.78 is 0. The number of carbonyl (C=O) groups excluding carboxylic acids is 1. The van der Waals surface area contributed by atoms with Crippen LogP contribution in [0.4, 0.5) is 11.4 Å². The first-order valence-electron chi connectivity index (χ1n) is 7.45. The van der Waals surface area contributed by atoms with Crippen molar-refractivity contribution in [2.45, 2.75) is 6.54 Å². The first-order chi connectivity index (χ1) is 12.0. The van der Waals surface area contributed by atoms with E-state index in [4.69, 9.17) is 0 Å². The fourth-order valence-corrected chi connectivity index (χ4v) is 2.19. The fourth-order valence-electron chi connectivity index (χ4n) is 2.19. The summed E-state index contributed by atoms with van der Waals surface area (Å²) in [6, 6.07) is 15.6. The van der Waals surface area contributed by atoms with E-state index in [9.17, 15) is 20.2 Å². The van der Waals surface area contributed by atoms with Crippen molar-refractivity contribution in [1.29, 1.82) is 5.26 Å². The van der Waals surface area contributed by atoms with E-state index in [1.807, 2.05) is 36.4 Å². The molecular weight excluding hydrogens is 320 g/mol. The van der Waals surface area contributed by atoms with E-state index in [0.717, 1.165) is 5.56 Å². The second-order valence-corrected chi connectivity index (χ2v) is 5.12. The maximum atomic E-state index is 12.1. The molecule has 0 aromatic heterocycles. The van der Waals surface area contributed by atoms with Crippen molar-refractivity contribution in [3.8, 4) is 6.07 Å². The van der Waals surface area contributed by atoms with Crippen molar-refractivity contribution in [2.24, 2.45) is 0 Å². The maximum Gasteiger partial charge on any atom is 0.292 e. The van der Waals surface area contributed by atoms with E-state index < -0.39 is 10.8 Å². The standard InChI is InChI=1S/C18H16N4O3/c1-20-16-8-7-14(10-17(16)22(24)25)9-15(11-19)18(23)21-12-13-5-3-2-4-6-13/h2-10,20H,12H2,1H3,(H,21,23)/b15-9+. The van der Waals surface area contributed by atoms with Gasteiger partial charge >= 0.3 is 0 Å². The van der Waals surface area contributed by atoms with Gasteiger partial charge in [-0.25, -0.2) is 0 Å². The van der Waals surface area contributed by atoms with E-state index in [2.05, 4.69) is 10.6 Å². The summed E-state index contributed by atoms with van der Waals surface area (Å²) in [6.45, 7) is 0.289. The highest BCUT2D eigenvalue weighted by Gasteiger charge is 2.14. The molecule has 0 bridgehead atoms. The normalized spacial score (nSPS) is 10.6. The van der Waals surface area contributed by atoms with Crippen LogP contribution >= 0.6 is 0 Å². The molecule has 0 unspecified atom stereocenters. The summed E-state index contributed by atoms with van der Waals surface area (Å²) in [7, 11) is 1.58. The second kappa shape index (κ2) is 8.26. The Balaban J connectivity index is 2.19. The van der Waals surface area contributed by atoms with Crippen LogP contribution in [0.2, 0.25) is 0 Å². The first kappa shape index (κ1) is 17.7. The zero-order valence-electron chi connectivity index (χ0n) is 13.5. The number of benzene rings is 2. The van der Waals surface area contributed by atoms with Gasteiger partial charge in [0.05, 0.1) is 4.92 Å². The van der Waals surface area contributed by atoms with Gasteiger partial charge in [-0.05, 0) is 23.3 Å². The molecule has 7 nitrogen and oxygen atoms in total. The minimum absolute atomic E-state index is 0.123. The number of amides is 1. The van der Waals surface area contributed by atoms with E-state index in [1.54, 1.807) is 13.1 Å². The number of hydrogen-bond acceptors (Lipinski definition) is 5. The molecule has 1 amide bonds. The Bertz CT molecular complexity index is 854. The Morgan fingerprint density at radius 3 is 2.60 bits per heavy atom. The third-order valence-corrected chi connectivity index (χ3v) is 3.46. The predicted octanol–water partition coefficient (Wildman–Crippen LogP) is 2.86. The molecule has 2 N–H and O–H groups in total. The number of hydrogen-bond donors (Lipinski definition) is 2. The molecule has 126 valence electrons. The van der Waals surface area contributed by atoms with Crippen LogP contribution in [0.15, 0.2) is 54.1 Å². The summed E-state index contributed by atoms with van der Waals surface area (Å²) in [5, 5.41) is 25.7. The molecule has 0 atom stereocenters. The van der Waals surface area contributed by atoms with Gasteiger partial charge in [-0.1, -0.05) is 36.4 Å². The van der Waals surface area contributed by atoms with E-state index in [-0.39, 0.29) is 17.8 Å². The number of nitro benzene ring substituents is 1. The van der Waals surface area contributed by atoms with Crippen LogP contribution in [0.25, 0.3) is 6.08 Å². The lowest BCUT2D eigenvalue weighted by Crippen LogP contribution is -2.23. The molecule has 0 heterocycles. The molecule has 0 radical (unpaired) electrons. The summed E-state index contributed by atoms with van der Waals surface area (Å²) in [5.74, 6) is -0.535. The number of nitro groups is 1. The topological polar surface area (TPSA) is 108 Å². The van der Waals surface area contributed by atoms with Gasteiger partial charge in [0, 0.05) is 19.7 Å². The summed E-state index contributed by atoms with van der Waals surface area (Å²) >= 11 is 0. The maximum absolute atomic E-state index is 12.1. The molecule has 0 saturated heterocycles. The van der Waals surface area contributed by atoms with E-state index in [1.165, 1.54) is 18.2 Å². The molecule has 2 aromatic carbocycles. The van der Waals surface area contributed by atoms with Crippen molar-refractivity contribution in [3.05, 3.63) is 75.3 Å². The Labute approximate surface area is 144 Å². The van der Waals surface area contributed by atoms with Gasteiger partial charge in [-0.3, -0.25) is 14.9 Å². The van der Waals surface area contributed by atoms with E-state index in [0.29, 0.717) is 11.3 Å². The number of rotatable bonds is 6. The van der Waals surface area contributed by atoms with E-state index >= 15 is 0 Å². The van der Waals surface area contributed by atoms with Crippen molar-refractivity contribution in [1.82, 2.24) is 5.32 Å². The van der Waals surface area contributed by atoms with Crippen LogP contribution in [0.1, 0.15) is 11.1 Å². The van der Waals surface area contributed by atoms with Crippen molar-refractivity contribution < 1.29 is 9.72 Å². The molecular formula is C18H16N4O3. The number of anilines is 1. The highest BCUT2D eigenvalue weighted by atomic mass is 16.6. The Morgan fingerprint density at radius 1 is 1.28 bits per heavy atom. The lowest BCUT2D eigenvalue weighted by Gasteiger charge is -2.05. The van der Waals surface area contributed by atoms with Gasteiger partial charge < -0.3 is 10.6 Å². The molecule has 0 aliphatic carbocycles. The monoisotopic (exact) mass is 336 g/mol. The SMILES string of the molecule is CNc1ccc(/C=C(\C#N)C(=O)NCc2ccccc2)cc1[N+](=O)[O-]. The lowest BCUT2D eigenvalue weighted by molar-refractivity contribution is -0.384. The predicted molar refractivity (Wildman–Crippen MR) is 94.5 cm³/mol. The molecule has 25 heavy (non-hydrogen) atoms. The highest BCUT2D eigenvalue weighted by molar-refractivity contribution is 6.01. The molecule has 2 aromatic rings. The molecule has 2 rings (SSSR count).